The minimum Gasteiger partial charge on any atom is -0.441 e. The highest BCUT2D eigenvalue weighted by atomic mass is 19.2. The van der Waals surface area contributed by atoms with Gasteiger partial charge in [-0.05, 0) is 51.1 Å². The van der Waals surface area contributed by atoms with Crippen LogP contribution in [0, 0.1) is 12.3 Å². The molecule has 42 heavy (non-hydrogen) atoms. The maximum atomic E-state index is 13.6. The van der Waals surface area contributed by atoms with E-state index in [1.54, 1.807) is 36.1 Å². The Morgan fingerprint density at radius 2 is 1.88 bits per heavy atom. The third-order valence-corrected chi connectivity index (χ3v) is 7.15. The fourth-order valence-corrected chi connectivity index (χ4v) is 4.82. The molecule has 2 aliphatic rings. The Bertz CT molecular complexity index is 1340. The Morgan fingerprint density at radius 3 is 2.45 bits per heavy atom. The number of terminal acetylenes is 1. The first kappa shape index (κ1) is 32.6. The average molecular weight is 587 g/mol. The molecule has 2 saturated heterocycles. The summed E-state index contributed by atoms with van der Waals surface area (Å²) in [7, 11) is 0. The van der Waals surface area contributed by atoms with Gasteiger partial charge in [0.05, 0.1) is 12.2 Å². The minimum absolute atomic E-state index is 0.117. The lowest BCUT2D eigenvalue weighted by Gasteiger charge is -2.37. The van der Waals surface area contributed by atoms with Gasteiger partial charge in [-0.1, -0.05) is 6.08 Å². The summed E-state index contributed by atoms with van der Waals surface area (Å²) in [5, 5.41) is 13.6. The van der Waals surface area contributed by atoms with Gasteiger partial charge in [-0.25, -0.2) is 18.0 Å². The van der Waals surface area contributed by atoms with Crippen LogP contribution in [0.2, 0.25) is 0 Å². The molecule has 1 aromatic carbocycles. The molecule has 11 heteroatoms. The number of anilines is 1. The number of likely N-dealkylation sites (tertiary alicyclic amines) is 1. The highest BCUT2D eigenvalue weighted by molar-refractivity contribution is 5.98. The van der Waals surface area contributed by atoms with E-state index >= 15 is 0 Å². The molecular formula is C31H37F3N4O4. The van der Waals surface area contributed by atoms with Crippen LogP contribution in [0.15, 0.2) is 54.3 Å². The number of aromatic nitrogens is 2. The molecule has 226 valence electrons. The second kappa shape index (κ2) is 14.8. The average Bonchev–Trinajstić information content (AvgIpc) is 3.54. The van der Waals surface area contributed by atoms with Crippen LogP contribution < -0.4 is 4.90 Å². The number of piperidine rings is 1. The van der Waals surface area contributed by atoms with E-state index in [4.69, 9.17) is 9.84 Å². The first-order chi connectivity index (χ1) is 20.1. The molecule has 2 aliphatic heterocycles. The van der Waals surface area contributed by atoms with Crippen LogP contribution in [0.1, 0.15) is 61.3 Å². The highest BCUT2D eigenvalue weighted by Crippen LogP contribution is 2.36. The van der Waals surface area contributed by atoms with Gasteiger partial charge >= 0.3 is 6.09 Å². The first-order valence-electron chi connectivity index (χ1n) is 13.7. The molecular weight excluding hydrogens is 549 g/mol. The topological polar surface area (TPSA) is 87.9 Å². The third-order valence-electron chi connectivity index (χ3n) is 7.15. The molecule has 2 fully saturated rings. The number of alkyl halides is 1. The smallest absolute Gasteiger partial charge is 0.415 e. The van der Waals surface area contributed by atoms with Gasteiger partial charge < -0.3 is 9.84 Å². The number of ether oxygens (including phenoxy) is 1. The number of halogens is 3. The fraction of sp³-hybridized carbons (Fsp3) is 0.452. The van der Waals surface area contributed by atoms with Crippen molar-refractivity contribution in [1.82, 2.24) is 14.7 Å². The molecule has 2 aromatic rings. The number of rotatable bonds is 10. The summed E-state index contributed by atoms with van der Waals surface area (Å²) in [6.07, 6.45) is 10.0. The summed E-state index contributed by atoms with van der Waals surface area (Å²) >= 11 is 0. The van der Waals surface area contributed by atoms with Gasteiger partial charge in [-0.3, -0.25) is 19.3 Å². The van der Waals surface area contributed by atoms with Crippen LogP contribution in [0.4, 0.5) is 23.7 Å². The second-order valence-corrected chi connectivity index (χ2v) is 10.5. The van der Waals surface area contributed by atoms with Crippen molar-refractivity contribution in [3.05, 3.63) is 71.1 Å². The number of ketones is 1. The van der Waals surface area contributed by atoms with Crippen LogP contribution in [0.25, 0.3) is 0 Å². The summed E-state index contributed by atoms with van der Waals surface area (Å²) in [4.78, 5) is 28.2. The van der Waals surface area contributed by atoms with Gasteiger partial charge in [0.1, 0.15) is 18.9 Å². The predicted octanol–water partition coefficient (Wildman–Crippen LogP) is 5.49. The molecule has 1 N–H and O–H groups in total. The van der Waals surface area contributed by atoms with Gasteiger partial charge in [-0.2, -0.15) is 5.10 Å². The zero-order chi connectivity index (χ0) is 30.9. The summed E-state index contributed by atoms with van der Waals surface area (Å²) in [5.74, 6) is -0.790. The van der Waals surface area contributed by atoms with Crippen molar-refractivity contribution in [2.45, 2.75) is 58.2 Å². The molecule has 1 amide bonds. The molecule has 0 aliphatic carbocycles. The number of amides is 1. The lowest BCUT2D eigenvalue weighted by Crippen LogP contribution is -2.46. The molecule has 1 aromatic heterocycles. The second-order valence-electron chi connectivity index (χ2n) is 10.5. The lowest BCUT2D eigenvalue weighted by molar-refractivity contribution is -0.00102. The van der Waals surface area contributed by atoms with Gasteiger partial charge in [0, 0.05) is 67.9 Å². The van der Waals surface area contributed by atoms with E-state index in [-0.39, 0.29) is 18.2 Å². The summed E-state index contributed by atoms with van der Waals surface area (Å²) in [6.45, 7) is 5.97. The molecule has 0 unspecified atom stereocenters. The van der Waals surface area contributed by atoms with Crippen LogP contribution >= 0.6 is 0 Å². The van der Waals surface area contributed by atoms with Crippen LogP contribution in [-0.4, -0.2) is 70.2 Å². The molecule has 1 spiro atoms. The number of carbonyl (C=O) groups excluding carboxylic acids is 2. The molecule has 3 heterocycles. The summed E-state index contributed by atoms with van der Waals surface area (Å²) in [6, 6.07) is 6.64. The van der Waals surface area contributed by atoms with E-state index in [1.165, 1.54) is 6.08 Å². The number of aliphatic hydroxyl groups excluding tert-OH is 1. The standard InChI is InChI=1S/C28H33F3N4O4.C3H4/c1-19(2)35-16-21(25(32-35)5-3-4-23(30)24(31)14-29)15-33-12-10-28(11-13-33)18-34(27(38)39-28)22-8-6-20(7-9-22)26(37)17-36;1-3-2/h3-4,6-9,16,19,36H,5,10-15,17-18H2,1-2H3;1H,2H3/b4-3-,24-23-;. The maximum absolute atomic E-state index is 13.6. The van der Waals surface area contributed by atoms with Crippen molar-refractivity contribution < 1.29 is 32.6 Å². The highest BCUT2D eigenvalue weighted by Gasteiger charge is 2.47. The third kappa shape index (κ3) is 8.11. The molecule has 0 saturated carbocycles. The zero-order valence-corrected chi connectivity index (χ0v) is 24.2. The molecule has 4 rings (SSSR count). The Labute approximate surface area is 244 Å². The quantitative estimate of drug-likeness (QED) is 0.225. The zero-order valence-electron chi connectivity index (χ0n) is 24.2. The molecule has 8 nitrogen and oxygen atoms in total. The van der Waals surface area contributed by atoms with E-state index < -0.39 is 36.6 Å². The summed E-state index contributed by atoms with van der Waals surface area (Å²) < 4.78 is 46.6. The van der Waals surface area contributed by atoms with Crippen molar-refractivity contribution in [2.75, 3.05) is 37.8 Å². The summed E-state index contributed by atoms with van der Waals surface area (Å²) in [5.41, 5.74) is 2.09. The van der Waals surface area contributed by atoms with Gasteiger partial charge in [-0.15, -0.1) is 12.3 Å². The number of carbonyl (C=O) groups is 2. The Balaban J connectivity index is 0.00000155. The first-order valence-corrected chi connectivity index (χ1v) is 13.7. The number of nitrogens with zero attached hydrogens (tertiary/aromatic N) is 4. The molecule has 0 radical (unpaired) electrons. The Kier molecular flexibility index (Phi) is 11.5. The maximum Gasteiger partial charge on any atom is 0.415 e. The van der Waals surface area contributed by atoms with Crippen molar-refractivity contribution in [2.24, 2.45) is 0 Å². The van der Waals surface area contributed by atoms with E-state index in [0.29, 0.717) is 50.3 Å². The minimum atomic E-state index is -1.48. The fourth-order valence-electron chi connectivity index (χ4n) is 4.82. The van der Waals surface area contributed by atoms with Gasteiger partial charge in [0.15, 0.2) is 17.4 Å². The largest absolute Gasteiger partial charge is 0.441 e. The number of hydrogen-bond donors (Lipinski definition) is 1. The van der Waals surface area contributed by atoms with Crippen molar-refractivity contribution in [3.63, 3.8) is 0 Å². The van der Waals surface area contributed by atoms with Crippen molar-refractivity contribution in [1.29, 1.82) is 0 Å². The monoisotopic (exact) mass is 586 g/mol. The van der Waals surface area contributed by atoms with Crippen molar-refractivity contribution in [3.8, 4) is 12.3 Å². The SMILES string of the molecule is C#CC.CC(C)n1cc(CN2CCC3(CC2)CN(c2ccc(C(=O)CO)cc2)C(=O)O3)c(C/C=C\C(F)=C(\F)CF)n1. The number of allylic oxidation sites excluding steroid dienone is 4. The van der Waals surface area contributed by atoms with Gasteiger partial charge in [0.25, 0.3) is 0 Å². The van der Waals surface area contributed by atoms with E-state index in [1.807, 2.05) is 24.7 Å². The lowest BCUT2D eigenvalue weighted by atomic mass is 9.91. The Morgan fingerprint density at radius 1 is 1.24 bits per heavy atom. The number of benzene rings is 1. The van der Waals surface area contributed by atoms with Crippen LogP contribution in [0.5, 0.6) is 0 Å². The van der Waals surface area contributed by atoms with E-state index in [9.17, 15) is 22.8 Å². The predicted molar refractivity (Wildman–Crippen MR) is 154 cm³/mol. The van der Waals surface area contributed by atoms with Crippen LogP contribution in [-0.2, 0) is 17.7 Å². The normalized spacial score (nSPS) is 17.2. The van der Waals surface area contributed by atoms with Crippen molar-refractivity contribution >= 4 is 17.6 Å². The van der Waals surface area contributed by atoms with Crippen LogP contribution in [0.3, 0.4) is 0 Å². The number of aliphatic hydroxyl groups is 1. The van der Waals surface area contributed by atoms with E-state index in [2.05, 4.69) is 22.3 Å². The number of Topliss-reactive ketones (excluding diaryl/α,β-unsaturated/α-hetero) is 1. The molecule has 0 bridgehead atoms. The number of hydrogen-bond acceptors (Lipinski definition) is 6. The molecule has 0 atom stereocenters. The Hall–Kier alpha value is -3.88. The van der Waals surface area contributed by atoms with E-state index in [0.717, 1.165) is 17.3 Å². The van der Waals surface area contributed by atoms with Gasteiger partial charge in [0.2, 0.25) is 0 Å².